The minimum Gasteiger partial charge on any atom is -0.376 e. The van der Waals surface area contributed by atoms with Crippen LogP contribution in [-0.2, 0) is 23.7 Å². The molecule has 0 aromatic heterocycles. The van der Waals surface area contributed by atoms with Crippen molar-refractivity contribution in [3.63, 3.8) is 0 Å². The van der Waals surface area contributed by atoms with Crippen LogP contribution in [-0.4, -0.2) is 63.1 Å². The van der Waals surface area contributed by atoms with Crippen molar-refractivity contribution < 1.29 is 23.7 Å². The first-order valence-corrected chi connectivity index (χ1v) is 5.54. The Hall–Kier alpha value is -0.200. The Morgan fingerprint density at radius 1 is 0.867 bits per heavy atom. The highest BCUT2D eigenvalue weighted by atomic mass is 16.7. The Morgan fingerprint density at radius 2 is 1.33 bits per heavy atom. The molecule has 4 aliphatic heterocycles. The highest BCUT2D eigenvalue weighted by Gasteiger charge is 2.53. The van der Waals surface area contributed by atoms with Gasteiger partial charge < -0.3 is 23.7 Å². The van der Waals surface area contributed by atoms with Gasteiger partial charge in [0.1, 0.15) is 36.6 Å². The Kier molecular flexibility index (Phi) is 1.87. The zero-order chi connectivity index (χ0) is 9.83. The lowest BCUT2D eigenvalue weighted by molar-refractivity contribution is 0.102. The third-order valence-corrected chi connectivity index (χ3v) is 3.26. The van der Waals surface area contributed by atoms with Crippen LogP contribution in [0.15, 0.2) is 0 Å². The van der Waals surface area contributed by atoms with Crippen molar-refractivity contribution >= 4 is 0 Å². The second-order valence-electron chi connectivity index (χ2n) is 4.56. The summed E-state index contributed by atoms with van der Waals surface area (Å²) < 4.78 is 26.6. The molecule has 4 fully saturated rings. The summed E-state index contributed by atoms with van der Waals surface area (Å²) >= 11 is 0. The molecule has 6 atom stereocenters. The number of epoxide rings is 4. The van der Waals surface area contributed by atoms with E-state index in [0.717, 1.165) is 13.2 Å². The third kappa shape index (κ3) is 1.90. The van der Waals surface area contributed by atoms with Crippen LogP contribution in [0.3, 0.4) is 0 Å². The maximum absolute atomic E-state index is 5.54. The molecule has 0 aromatic carbocycles. The van der Waals surface area contributed by atoms with E-state index in [4.69, 9.17) is 23.7 Å². The van der Waals surface area contributed by atoms with E-state index in [1.54, 1.807) is 0 Å². The van der Waals surface area contributed by atoms with Crippen LogP contribution in [0.1, 0.15) is 0 Å². The standard InChI is InChI=1S/C10H14O5/c1(7-9(14-7)5-3-12-5)11-2-8-10(15-8)6-4-13-6/h5-10H,1-4H2. The number of rotatable bonds is 6. The minimum absolute atomic E-state index is 0.256. The van der Waals surface area contributed by atoms with Gasteiger partial charge in [-0.2, -0.15) is 0 Å². The first-order valence-electron chi connectivity index (χ1n) is 5.54. The molecule has 0 aliphatic carbocycles. The van der Waals surface area contributed by atoms with Gasteiger partial charge in [0.2, 0.25) is 0 Å². The van der Waals surface area contributed by atoms with Crippen molar-refractivity contribution in [2.24, 2.45) is 0 Å². The fraction of sp³-hybridized carbons (Fsp3) is 1.00. The summed E-state index contributed by atoms with van der Waals surface area (Å²) in [6.07, 6.45) is 1.81. The van der Waals surface area contributed by atoms with Gasteiger partial charge in [-0.15, -0.1) is 0 Å². The number of hydrogen-bond donors (Lipinski definition) is 0. The number of ether oxygens (including phenoxy) is 5. The van der Waals surface area contributed by atoms with Crippen LogP contribution in [0.25, 0.3) is 0 Å². The second kappa shape index (κ2) is 3.15. The van der Waals surface area contributed by atoms with E-state index in [1.807, 2.05) is 0 Å². The molecule has 0 spiro atoms. The van der Waals surface area contributed by atoms with E-state index in [2.05, 4.69) is 0 Å². The van der Waals surface area contributed by atoms with E-state index >= 15 is 0 Å². The fourth-order valence-electron chi connectivity index (χ4n) is 2.03. The third-order valence-electron chi connectivity index (χ3n) is 3.26. The quantitative estimate of drug-likeness (QED) is 0.549. The van der Waals surface area contributed by atoms with Crippen LogP contribution < -0.4 is 0 Å². The van der Waals surface area contributed by atoms with E-state index in [9.17, 15) is 0 Å². The van der Waals surface area contributed by atoms with E-state index in [0.29, 0.717) is 37.6 Å². The first-order chi connectivity index (χ1) is 7.42. The molecule has 0 radical (unpaired) electrons. The molecule has 0 saturated carbocycles. The van der Waals surface area contributed by atoms with Crippen molar-refractivity contribution in [1.29, 1.82) is 0 Å². The minimum atomic E-state index is 0.256. The van der Waals surface area contributed by atoms with E-state index in [-0.39, 0.29) is 12.2 Å². The predicted molar refractivity (Wildman–Crippen MR) is 47.6 cm³/mol. The van der Waals surface area contributed by atoms with Crippen LogP contribution in [0.2, 0.25) is 0 Å². The van der Waals surface area contributed by atoms with Gasteiger partial charge in [0.15, 0.2) is 0 Å². The maximum atomic E-state index is 5.54. The van der Waals surface area contributed by atoms with E-state index < -0.39 is 0 Å². The van der Waals surface area contributed by atoms with Crippen molar-refractivity contribution in [1.82, 2.24) is 0 Å². The zero-order valence-corrected chi connectivity index (χ0v) is 8.33. The lowest BCUT2D eigenvalue weighted by Crippen LogP contribution is -2.13. The van der Waals surface area contributed by atoms with E-state index in [1.165, 1.54) is 0 Å². The largest absolute Gasteiger partial charge is 0.376 e. The summed E-state index contributed by atoms with van der Waals surface area (Å²) in [5.74, 6) is 0. The summed E-state index contributed by atoms with van der Waals surface area (Å²) in [7, 11) is 0. The van der Waals surface area contributed by atoms with Gasteiger partial charge in [0.05, 0.1) is 26.4 Å². The van der Waals surface area contributed by atoms with Crippen LogP contribution in [0.4, 0.5) is 0 Å². The van der Waals surface area contributed by atoms with Crippen molar-refractivity contribution in [2.75, 3.05) is 26.4 Å². The average molecular weight is 214 g/mol. The van der Waals surface area contributed by atoms with Gasteiger partial charge in [0.25, 0.3) is 0 Å². The summed E-state index contributed by atoms with van der Waals surface area (Å²) in [5.41, 5.74) is 0. The lowest BCUT2D eigenvalue weighted by atomic mass is 10.2. The van der Waals surface area contributed by atoms with Gasteiger partial charge in [-0.1, -0.05) is 0 Å². The molecular formula is C10H14O5. The normalized spacial score (nSPS) is 55.2. The van der Waals surface area contributed by atoms with Crippen LogP contribution in [0.5, 0.6) is 0 Å². The Bertz CT molecular complexity index is 237. The molecule has 6 unspecified atom stereocenters. The molecule has 4 saturated heterocycles. The summed E-state index contributed by atoms with van der Waals surface area (Å²) in [6.45, 7) is 3.05. The predicted octanol–water partition coefficient (Wildman–Crippen LogP) is -0.665. The van der Waals surface area contributed by atoms with Gasteiger partial charge in [-0.05, 0) is 0 Å². The monoisotopic (exact) mass is 214 g/mol. The average Bonchev–Trinajstić information content (AvgIpc) is 2.95. The molecule has 0 bridgehead atoms. The van der Waals surface area contributed by atoms with Crippen LogP contribution in [0, 0.1) is 0 Å². The summed E-state index contributed by atoms with van der Waals surface area (Å²) in [6, 6.07) is 0. The molecular weight excluding hydrogens is 200 g/mol. The summed E-state index contributed by atoms with van der Waals surface area (Å²) in [5, 5.41) is 0. The van der Waals surface area contributed by atoms with Crippen LogP contribution >= 0.6 is 0 Å². The maximum Gasteiger partial charge on any atom is 0.115 e. The van der Waals surface area contributed by atoms with Crippen molar-refractivity contribution in [3.05, 3.63) is 0 Å². The second-order valence-corrected chi connectivity index (χ2v) is 4.56. The van der Waals surface area contributed by atoms with Gasteiger partial charge in [-0.25, -0.2) is 0 Å². The van der Waals surface area contributed by atoms with Crippen molar-refractivity contribution in [3.8, 4) is 0 Å². The molecule has 0 N–H and O–H groups in total. The fourth-order valence-corrected chi connectivity index (χ4v) is 2.03. The Labute approximate surface area is 87.6 Å². The topological polar surface area (TPSA) is 59.4 Å². The van der Waals surface area contributed by atoms with Gasteiger partial charge in [-0.3, -0.25) is 0 Å². The molecule has 5 heteroatoms. The highest BCUT2D eigenvalue weighted by Crippen LogP contribution is 2.35. The molecule has 0 aromatic rings. The van der Waals surface area contributed by atoms with Gasteiger partial charge >= 0.3 is 0 Å². The lowest BCUT2D eigenvalue weighted by Gasteiger charge is -1.97. The summed E-state index contributed by atoms with van der Waals surface area (Å²) in [4.78, 5) is 0. The SMILES string of the molecule is C1OC1C1OC1COCC1OC1C1CO1. The van der Waals surface area contributed by atoms with Gasteiger partial charge in [0, 0.05) is 0 Å². The molecule has 5 nitrogen and oxygen atoms in total. The molecule has 4 heterocycles. The smallest absolute Gasteiger partial charge is 0.115 e. The Balaban J connectivity index is 1.11. The highest BCUT2D eigenvalue weighted by molar-refractivity contribution is 4.98. The molecule has 4 rings (SSSR count). The van der Waals surface area contributed by atoms with Crippen molar-refractivity contribution in [2.45, 2.75) is 36.6 Å². The molecule has 15 heavy (non-hydrogen) atoms. The zero-order valence-electron chi connectivity index (χ0n) is 8.33. The molecule has 4 aliphatic rings. The Morgan fingerprint density at radius 3 is 1.73 bits per heavy atom. The molecule has 0 amide bonds. The number of hydrogen-bond acceptors (Lipinski definition) is 5. The molecule has 84 valence electrons. The first kappa shape index (κ1) is 8.90.